The highest BCUT2D eigenvalue weighted by atomic mass is 32.2. The smallest absolute Gasteiger partial charge is 0.111 e. The summed E-state index contributed by atoms with van der Waals surface area (Å²) < 4.78 is 5.75. The van der Waals surface area contributed by atoms with E-state index in [1.165, 1.54) is 21.6 Å². The lowest BCUT2D eigenvalue weighted by Crippen LogP contribution is -2.60. The monoisotopic (exact) mass is 394 g/mol. The Morgan fingerprint density at radius 1 is 1.04 bits per heavy atom. The van der Waals surface area contributed by atoms with Crippen LogP contribution in [0.15, 0.2) is 34.7 Å². The third-order valence-corrected chi connectivity index (χ3v) is 7.01. The lowest BCUT2D eigenvalue weighted by Gasteiger charge is -2.42. The van der Waals surface area contributed by atoms with Crippen molar-refractivity contribution in [2.24, 2.45) is 0 Å². The molecule has 4 N–H and O–H groups in total. The van der Waals surface area contributed by atoms with E-state index in [2.05, 4.69) is 38.1 Å². The zero-order valence-corrected chi connectivity index (χ0v) is 16.7. The summed E-state index contributed by atoms with van der Waals surface area (Å²) in [5, 5.41) is 39.7. The second-order valence-electron chi connectivity index (χ2n) is 7.60. The van der Waals surface area contributed by atoms with Crippen LogP contribution < -0.4 is 0 Å². The van der Waals surface area contributed by atoms with E-state index < -0.39 is 30.5 Å². The molecule has 6 heteroatoms. The quantitative estimate of drug-likeness (QED) is 0.588. The first kappa shape index (κ1) is 20.8. The van der Waals surface area contributed by atoms with Crippen LogP contribution in [0.2, 0.25) is 0 Å². The Labute approximate surface area is 165 Å². The van der Waals surface area contributed by atoms with Crippen LogP contribution in [0.4, 0.5) is 0 Å². The lowest BCUT2D eigenvalue weighted by molar-refractivity contribution is -0.228. The van der Waals surface area contributed by atoms with Gasteiger partial charge >= 0.3 is 0 Å². The number of rotatable bonds is 6. The number of aryl methyl sites for hydroxylation is 1. The fourth-order valence-electron chi connectivity index (χ4n) is 3.85. The van der Waals surface area contributed by atoms with E-state index in [4.69, 9.17) is 4.74 Å². The highest BCUT2D eigenvalue weighted by molar-refractivity contribution is 8.04. The molecule has 0 saturated carbocycles. The largest absolute Gasteiger partial charge is 0.394 e. The summed E-state index contributed by atoms with van der Waals surface area (Å²) in [7, 11) is 0. The van der Waals surface area contributed by atoms with Gasteiger partial charge in [0.1, 0.15) is 24.4 Å². The van der Waals surface area contributed by atoms with Gasteiger partial charge in [-0.1, -0.05) is 43.2 Å². The van der Waals surface area contributed by atoms with Gasteiger partial charge in [-0.3, -0.25) is 0 Å². The molecule has 27 heavy (non-hydrogen) atoms. The highest BCUT2D eigenvalue weighted by Crippen LogP contribution is 2.44. The van der Waals surface area contributed by atoms with Crippen molar-refractivity contribution in [3.63, 3.8) is 0 Å². The maximum Gasteiger partial charge on any atom is 0.111 e. The predicted octanol–water partition coefficient (Wildman–Crippen LogP) is 1.80. The summed E-state index contributed by atoms with van der Waals surface area (Å²) in [4.78, 5) is 1.26. The molecule has 0 amide bonds. The molecule has 1 unspecified atom stereocenters. The van der Waals surface area contributed by atoms with E-state index >= 15 is 0 Å². The second-order valence-corrected chi connectivity index (χ2v) is 8.93. The van der Waals surface area contributed by atoms with Crippen LogP contribution >= 0.6 is 11.8 Å². The molecule has 1 saturated heterocycles. The first-order valence-electron chi connectivity index (χ1n) is 9.68. The fourth-order valence-corrected chi connectivity index (χ4v) is 5.44. The molecule has 2 aliphatic rings. The van der Waals surface area contributed by atoms with Crippen molar-refractivity contribution in [3.05, 3.63) is 45.9 Å². The van der Waals surface area contributed by atoms with E-state index in [1.807, 2.05) is 0 Å². The normalized spacial score (nSPS) is 34.3. The van der Waals surface area contributed by atoms with Crippen LogP contribution in [0, 0.1) is 0 Å². The van der Waals surface area contributed by atoms with Gasteiger partial charge in [-0.2, -0.15) is 0 Å². The van der Waals surface area contributed by atoms with E-state index in [-0.39, 0.29) is 11.9 Å². The number of allylic oxidation sites excluding steroid dienone is 2. The van der Waals surface area contributed by atoms with Crippen molar-refractivity contribution in [2.45, 2.75) is 75.3 Å². The van der Waals surface area contributed by atoms with E-state index in [1.54, 1.807) is 11.8 Å². The third-order valence-electron chi connectivity index (χ3n) is 5.50. The van der Waals surface area contributed by atoms with Gasteiger partial charge in [0, 0.05) is 11.7 Å². The molecule has 150 valence electrons. The van der Waals surface area contributed by atoms with Crippen LogP contribution in [-0.4, -0.2) is 62.8 Å². The summed E-state index contributed by atoms with van der Waals surface area (Å²) in [6.07, 6.45) is -1.40. The van der Waals surface area contributed by atoms with Gasteiger partial charge in [-0.15, -0.1) is 11.8 Å². The summed E-state index contributed by atoms with van der Waals surface area (Å²) >= 11 is 1.67. The Balaban J connectivity index is 1.65. The predicted molar refractivity (Wildman–Crippen MR) is 107 cm³/mol. The number of thioether (sulfide) groups is 1. The maximum atomic E-state index is 10.4. The van der Waals surface area contributed by atoms with Crippen molar-refractivity contribution >= 4 is 11.8 Å². The van der Waals surface area contributed by atoms with Crippen molar-refractivity contribution in [2.75, 3.05) is 6.61 Å². The minimum Gasteiger partial charge on any atom is -0.394 e. The topological polar surface area (TPSA) is 90.2 Å². The van der Waals surface area contributed by atoms with Crippen LogP contribution in [-0.2, 0) is 17.6 Å². The average Bonchev–Trinajstić information content (AvgIpc) is 3.02. The Bertz CT molecular complexity index is 657. The van der Waals surface area contributed by atoms with Crippen LogP contribution in [0.5, 0.6) is 0 Å². The van der Waals surface area contributed by atoms with Crippen LogP contribution in [0.25, 0.3) is 0 Å². The molecule has 6 atom stereocenters. The van der Waals surface area contributed by atoms with E-state index in [0.29, 0.717) is 0 Å². The first-order valence-corrected chi connectivity index (χ1v) is 10.6. The number of benzene rings is 1. The Morgan fingerprint density at radius 2 is 1.70 bits per heavy atom. The van der Waals surface area contributed by atoms with Gasteiger partial charge in [0.15, 0.2) is 0 Å². The number of aliphatic hydroxyl groups is 4. The summed E-state index contributed by atoms with van der Waals surface area (Å²) in [6, 6.07) is 8.72. The standard InChI is InChI=1S/C21H30O5S/c1-3-4-13-5-7-14(8-6-13)10-16-12(2)9-17(27-16)21-20(25)19(24)18(23)15(11-22)26-21/h5-8,15,17-25H,3-4,9-11H2,1-2H3/t15-,17?,18-,19+,20-,21+/m1/s1. The fraction of sp³-hybridized carbons (Fsp3) is 0.619. The van der Waals surface area contributed by atoms with E-state index in [9.17, 15) is 20.4 Å². The second kappa shape index (κ2) is 9.07. The SMILES string of the molecule is CCCc1ccc(CC2=C(C)CC([C@@H]3O[C@H](CO)[C@@H](O)[C@H](O)[C@H]3O)S2)cc1. The number of hydrogen-bond acceptors (Lipinski definition) is 6. The maximum absolute atomic E-state index is 10.4. The molecule has 0 aromatic heterocycles. The van der Waals surface area contributed by atoms with Crippen molar-refractivity contribution < 1.29 is 25.2 Å². The third kappa shape index (κ3) is 4.58. The zero-order valence-electron chi connectivity index (χ0n) is 15.9. The molecule has 0 radical (unpaired) electrons. The van der Waals surface area contributed by atoms with Crippen LogP contribution in [0.3, 0.4) is 0 Å². The molecular weight excluding hydrogens is 364 g/mol. The van der Waals surface area contributed by atoms with Gasteiger partial charge in [0.2, 0.25) is 0 Å². The molecule has 0 bridgehead atoms. The molecule has 2 heterocycles. The number of ether oxygens (including phenoxy) is 1. The van der Waals surface area contributed by atoms with Crippen molar-refractivity contribution in [1.82, 2.24) is 0 Å². The van der Waals surface area contributed by atoms with Gasteiger partial charge in [-0.25, -0.2) is 0 Å². The summed E-state index contributed by atoms with van der Waals surface area (Å²) in [5.74, 6) is 0. The zero-order chi connectivity index (χ0) is 19.6. The minimum atomic E-state index is -1.31. The molecule has 1 aromatic rings. The molecule has 0 aliphatic carbocycles. The Hall–Kier alpha value is -0.890. The average molecular weight is 395 g/mol. The summed E-state index contributed by atoms with van der Waals surface area (Å²) in [5.41, 5.74) is 3.87. The van der Waals surface area contributed by atoms with Crippen molar-refractivity contribution in [1.29, 1.82) is 0 Å². The van der Waals surface area contributed by atoms with Gasteiger partial charge in [0.25, 0.3) is 0 Å². The number of aliphatic hydroxyl groups excluding tert-OH is 4. The Morgan fingerprint density at radius 3 is 2.33 bits per heavy atom. The molecular formula is C21H30O5S. The first-order chi connectivity index (χ1) is 12.9. The van der Waals surface area contributed by atoms with Gasteiger partial charge in [0.05, 0.1) is 12.7 Å². The van der Waals surface area contributed by atoms with Gasteiger partial charge in [-0.05, 0) is 35.8 Å². The van der Waals surface area contributed by atoms with Crippen LogP contribution in [0.1, 0.15) is 37.8 Å². The minimum absolute atomic E-state index is 0.0365. The van der Waals surface area contributed by atoms with Gasteiger partial charge < -0.3 is 25.2 Å². The lowest BCUT2D eigenvalue weighted by atomic mass is 9.91. The Kier molecular flexibility index (Phi) is 7.00. The summed E-state index contributed by atoms with van der Waals surface area (Å²) in [6.45, 7) is 3.89. The van der Waals surface area contributed by atoms with Crippen molar-refractivity contribution in [3.8, 4) is 0 Å². The number of hydrogen-bond donors (Lipinski definition) is 4. The molecule has 3 rings (SSSR count). The molecule has 1 aromatic carbocycles. The highest BCUT2D eigenvalue weighted by Gasteiger charge is 2.47. The molecule has 2 aliphatic heterocycles. The molecule has 1 fully saturated rings. The van der Waals surface area contributed by atoms with E-state index in [0.717, 1.165) is 25.7 Å². The molecule has 5 nitrogen and oxygen atoms in total. The molecule has 0 spiro atoms.